The van der Waals surface area contributed by atoms with Gasteiger partial charge in [-0.3, -0.25) is 9.59 Å². The molecule has 0 saturated carbocycles. The fourth-order valence-electron chi connectivity index (χ4n) is 3.72. The van der Waals surface area contributed by atoms with E-state index in [1.807, 2.05) is 6.92 Å². The van der Waals surface area contributed by atoms with Gasteiger partial charge in [0.05, 0.1) is 6.61 Å². The quantitative estimate of drug-likeness (QED) is 0.705. The van der Waals surface area contributed by atoms with Crippen LogP contribution in [0.15, 0.2) is 24.3 Å². The molecule has 1 aromatic carbocycles. The van der Waals surface area contributed by atoms with Gasteiger partial charge in [-0.1, -0.05) is 6.92 Å². The first-order valence-corrected chi connectivity index (χ1v) is 9.24. The van der Waals surface area contributed by atoms with Crippen molar-refractivity contribution < 1.29 is 14.3 Å². The maximum absolute atomic E-state index is 12.3. The summed E-state index contributed by atoms with van der Waals surface area (Å²) in [6.07, 6.45) is 2.49. The zero-order valence-electron chi connectivity index (χ0n) is 16.4. The second-order valence-corrected chi connectivity index (χ2v) is 8.30. The first-order valence-electron chi connectivity index (χ1n) is 9.24. The van der Waals surface area contributed by atoms with Gasteiger partial charge in [-0.25, -0.2) is 0 Å². The van der Waals surface area contributed by atoms with Crippen LogP contribution in [0.3, 0.4) is 0 Å². The third-order valence-corrected chi connectivity index (χ3v) is 4.32. The zero-order chi connectivity index (χ0) is 19.4. The van der Waals surface area contributed by atoms with Crippen molar-refractivity contribution in [2.45, 2.75) is 71.0 Å². The highest BCUT2D eigenvalue weighted by molar-refractivity contribution is 6.39. The van der Waals surface area contributed by atoms with Crippen LogP contribution >= 0.6 is 0 Å². The van der Waals surface area contributed by atoms with Gasteiger partial charge in [0.1, 0.15) is 5.75 Å². The number of rotatable bonds is 5. The van der Waals surface area contributed by atoms with Crippen LogP contribution in [0.25, 0.3) is 0 Å². The van der Waals surface area contributed by atoms with Gasteiger partial charge in [0.2, 0.25) is 0 Å². The Hall–Kier alpha value is -2.08. The summed E-state index contributed by atoms with van der Waals surface area (Å²) in [4.78, 5) is 24.5. The van der Waals surface area contributed by atoms with Gasteiger partial charge in [0.15, 0.2) is 0 Å². The van der Waals surface area contributed by atoms with Crippen LogP contribution in [0.2, 0.25) is 0 Å². The zero-order valence-corrected chi connectivity index (χ0v) is 16.4. The van der Waals surface area contributed by atoms with Gasteiger partial charge >= 0.3 is 11.8 Å². The number of hydrogen-bond donors (Lipinski definition) is 3. The highest BCUT2D eigenvalue weighted by Gasteiger charge is 2.38. The molecule has 1 heterocycles. The molecule has 0 radical (unpaired) electrons. The van der Waals surface area contributed by atoms with E-state index in [2.05, 4.69) is 43.6 Å². The van der Waals surface area contributed by atoms with E-state index in [9.17, 15) is 9.59 Å². The predicted octanol–water partition coefficient (Wildman–Crippen LogP) is 2.84. The number of hydrogen-bond acceptors (Lipinski definition) is 4. The summed E-state index contributed by atoms with van der Waals surface area (Å²) in [6, 6.07) is 6.98. The standard InChI is InChI=1S/C20H31N3O3/c1-6-11-26-16-9-7-14(8-10-16)21-17(24)18(25)22-15-12-19(2,3)23-20(4,5)13-15/h7-10,15,23H,6,11-13H2,1-5H3,(H,21,24)(H,22,25). The van der Waals surface area contributed by atoms with Gasteiger partial charge in [0.25, 0.3) is 0 Å². The number of piperidine rings is 1. The molecule has 144 valence electrons. The highest BCUT2D eigenvalue weighted by Crippen LogP contribution is 2.28. The monoisotopic (exact) mass is 361 g/mol. The molecule has 0 aromatic heterocycles. The molecule has 2 amide bonds. The van der Waals surface area contributed by atoms with Crippen LogP contribution in [-0.2, 0) is 9.59 Å². The van der Waals surface area contributed by atoms with E-state index >= 15 is 0 Å². The first kappa shape index (κ1) is 20.2. The number of carbonyl (C=O) groups excluding carboxylic acids is 2. The summed E-state index contributed by atoms with van der Waals surface area (Å²) >= 11 is 0. The average Bonchev–Trinajstić information content (AvgIpc) is 2.51. The van der Waals surface area contributed by atoms with Crippen LogP contribution in [0, 0.1) is 0 Å². The van der Waals surface area contributed by atoms with E-state index in [0.29, 0.717) is 12.3 Å². The number of carbonyl (C=O) groups is 2. The van der Waals surface area contributed by atoms with Gasteiger partial charge in [-0.05, 0) is 71.2 Å². The molecule has 1 aliphatic heterocycles. The molecule has 3 N–H and O–H groups in total. The van der Waals surface area contributed by atoms with Crippen LogP contribution < -0.4 is 20.7 Å². The number of anilines is 1. The molecular formula is C20H31N3O3. The Labute approximate surface area is 156 Å². The lowest BCUT2D eigenvalue weighted by molar-refractivity contribution is -0.137. The lowest BCUT2D eigenvalue weighted by Gasteiger charge is -2.46. The van der Waals surface area contributed by atoms with Crippen molar-refractivity contribution in [3.05, 3.63) is 24.3 Å². The van der Waals surface area contributed by atoms with Gasteiger partial charge in [0, 0.05) is 22.8 Å². The minimum absolute atomic E-state index is 0.0377. The summed E-state index contributed by atoms with van der Waals surface area (Å²) in [5.41, 5.74) is 0.384. The third-order valence-electron chi connectivity index (χ3n) is 4.32. The van der Waals surface area contributed by atoms with Crippen molar-refractivity contribution in [2.75, 3.05) is 11.9 Å². The summed E-state index contributed by atoms with van der Waals surface area (Å²) in [7, 11) is 0. The molecule has 1 aliphatic rings. The first-order chi connectivity index (χ1) is 12.1. The normalized spacial score (nSPS) is 18.8. The van der Waals surface area contributed by atoms with Crippen molar-refractivity contribution in [1.82, 2.24) is 10.6 Å². The summed E-state index contributed by atoms with van der Waals surface area (Å²) in [6.45, 7) is 11.1. The smallest absolute Gasteiger partial charge is 0.313 e. The van der Waals surface area contributed by atoms with Gasteiger partial charge < -0.3 is 20.7 Å². The van der Waals surface area contributed by atoms with Gasteiger partial charge in [-0.15, -0.1) is 0 Å². The van der Waals surface area contributed by atoms with E-state index in [1.54, 1.807) is 24.3 Å². The maximum Gasteiger partial charge on any atom is 0.313 e. The van der Waals surface area contributed by atoms with E-state index in [-0.39, 0.29) is 17.1 Å². The fraction of sp³-hybridized carbons (Fsp3) is 0.600. The molecule has 1 aromatic rings. The number of ether oxygens (including phenoxy) is 1. The number of nitrogens with one attached hydrogen (secondary N) is 3. The Morgan fingerprint density at radius 3 is 2.19 bits per heavy atom. The van der Waals surface area contributed by atoms with Crippen molar-refractivity contribution >= 4 is 17.5 Å². The van der Waals surface area contributed by atoms with E-state index in [0.717, 1.165) is 25.0 Å². The number of benzene rings is 1. The summed E-state index contributed by atoms with van der Waals surface area (Å²) in [5, 5.41) is 9.07. The van der Waals surface area contributed by atoms with Crippen LogP contribution in [-0.4, -0.2) is 35.5 Å². The largest absolute Gasteiger partial charge is 0.494 e. The topological polar surface area (TPSA) is 79.5 Å². The van der Waals surface area contributed by atoms with Gasteiger partial charge in [-0.2, -0.15) is 0 Å². The minimum atomic E-state index is -0.652. The Morgan fingerprint density at radius 2 is 1.65 bits per heavy atom. The van der Waals surface area contributed by atoms with Crippen LogP contribution in [0.1, 0.15) is 53.9 Å². The van der Waals surface area contributed by atoms with Crippen molar-refractivity contribution in [3.8, 4) is 5.75 Å². The number of amides is 2. The third kappa shape index (κ3) is 6.02. The lowest BCUT2D eigenvalue weighted by atomic mass is 9.79. The lowest BCUT2D eigenvalue weighted by Crippen LogP contribution is -2.62. The van der Waals surface area contributed by atoms with Crippen molar-refractivity contribution in [2.24, 2.45) is 0 Å². The molecule has 26 heavy (non-hydrogen) atoms. The van der Waals surface area contributed by atoms with Crippen molar-refractivity contribution in [1.29, 1.82) is 0 Å². The molecule has 6 nitrogen and oxygen atoms in total. The molecule has 2 rings (SSSR count). The molecule has 0 atom stereocenters. The second kappa shape index (κ2) is 8.08. The van der Waals surface area contributed by atoms with Crippen LogP contribution in [0.4, 0.5) is 5.69 Å². The Bertz CT molecular complexity index is 622. The summed E-state index contributed by atoms with van der Waals surface area (Å²) < 4.78 is 5.50. The molecular weight excluding hydrogens is 330 g/mol. The minimum Gasteiger partial charge on any atom is -0.494 e. The molecule has 0 unspecified atom stereocenters. The second-order valence-electron chi connectivity index (χ2n) is 8.30. The maximum atomic E-state index is 12.3. The molecule has 0 bridgehead atoms. The van der Waals surface area contributed by atoms with E-state index in [4.69, 9.17) is 4.74 Å². The average molecular weight is 361 g/mol. The fourth-order valence-corrected chi connectivity index (χ4v) is 3.72. The SMILES string of the molecule is CCCOc1ccc(NC(=O)C(=O)NC2CC(C)(C)NC(C)(C)C2)cc1. The van der Waals surface area contributed by atoms with Crippen LogP contribution in [0.5, 0.6) is 5.75 Å². The highest BCUT2D eigenvalue weighted by atomic mass is 16.5. The van der Waals surface area contributed by atoms with E-state index in [1.165, 1.54) is 0 Å². The predicted molar refractivity (Wildman–Crippen MR) is 103 cm³/mol. The Kier molecular flexibility index (Phi) is 6.29. The Morgan fingerprint density at radius 1 is 1.08 bits per heavy atom. The van der Waals surface area contributed by atoms with Crippen molar-refractivity contribution in [3.63, 3.8) is 0 Å². The molecule has 1 saturated heterocycles. The Balaban J connectivity index is 1.90. The molecule has 1 fully saturated rings. The molecule has 0 aliphatic carbocycles. The molecule has 6 heteroatoms. The summed E-state index contributed by atoms with van der Waals surface area (Å²) in [5.74, 6) is -0.510. The van der Waals surface area contributed by atoms with E-state index < -0.39 is 11.8 Å². The molecule has 0 spiro atoms.